The van der Waals surface area contributed by atoms with Crippen molar-refractivity contribution in [1.82, 2.24) is 0 Å². The first kappa shape index (κ1) is 17.8. The van der Waals surface area contributed by atoms with Crippen molar-refractivity contribution in [2.24, 2.45) is 0 Å². The van der Waals surface area contributed by atoms with Crippen LogP contribution in [0.5, 0.6) is 11.5 Å². The highest BCUT2D eigenvalue weighted by molar-refractivity contribution is 7.86. The van der Waals surface area contributed by atoms with Gasteiger partial charge in [0.05, 0.1) is 5.75 Å². The van der Waals surface area contributed by atoms with E-state index in [1.807, 2.05) is 50.2 Å². The molecule has 2 aromatic carbocycles. The zero-order chi connectivity index (χ0) is 18.0. The van der Waals surface area contributed by atoms with Gasteiger partial charge in [0.25, 0.3) is 10.1 Å². The lowest BCUT2D eigenvalue weighted by Gasteiger charge is -2.31. The van der Waals surface area contributed by atoms with Gasteiger partial charge in [0.2, 0.25) is 0 Å². The van der Waals surface area contributed by atoms with Gasteiger partial charge in [0, 0.05) is 0 Å². The summed E-state index contributed by atoms with van der Waals surface area (Å²) in [6, 6.07) is 11.5. The van der Waals surface area contributed by atoms with Gasteiger partial charge in [0.15, 0.2) is 11.5 Å². The van der Waals surface area contributed by atoms with Crippen LogP contribution in [0.15, 0.2) is 36.4 Å². The standard InChI is InChI=1S/C19H23NO4S/c1-4-11-25(21,22)24-20-16-9-7-15(6-3)13-19(16)23-18-10-8-14(5-2)12-17(18)20/h7-10,12-13H,4-6,11H2,1-3H3. The summed E-state index contributed by atoms with van der Waals surface area (Å²) in [7, 11) is -3.68. The van der Waals surface area contributed by atoms with Gasteiger partial charge >= 0.3 is 0 Å². The number of ether oxygens (including phenoxy) is 1. The van der Waals surface area contributed by atoms with Crippen molar-refractivity contribution >= 4 is 21.5 Å². The molecule has 0 fully saturated rings. The zero-order valence-corrected chi connectivity index (χ0v) is 15.6. The van der Waals surface area contributed by atoms with Gasteiger partial charge in [-0.15, -0.1) is 4.28 Å². The second-order valence-electron chi connectivity index (χ2n) is 6.04. The Bertz CT molecular complexity index is 877. The largest absolute Gasteiger partial charge is 0.453 e. The molecule has 2 aromatic rings. The molecular formula is C19H23NO4S. The van der Waals surface area contributed by atoms with Crippen molar-refractivity contribution in [3.8, 4) is 11.5 Å². The van der Waals surface area contributed by atoms with Crippen LogP contribution in [0.1, 0.15) is 38.3 Å². The van der Waals surface area contributed by atoms with Gasteiger partial charge < -0.3 is 4.74 Å². The predicted molar refractivity (Wildman–Crippen MR) is 99.0 cm³/mol. The van der Waals surface area contributed by atoms with E-state index in [0.717, 1.165) is 24.0 Å². The van der Waals surface area contributed by atoms with Crippen molar-refractivity contribution in [1.29, 1.82) is 0 Å². The third-order valence-corrected chi connectivity index (χ3v) is 5.45. The lowest BCUT2D eigenvalue weighted by Crippen LogP contribution is -2.27. The fourth-order valence-electron chi connectivity index (χ4n) is 2.79. The summed E-state index contributed by atoms with van der Waals surface area (Å²) >= 11 is 0. The van der Waals surface area contributed by atoms with Gasteiger partial charge in [-0.3, -0.25) is 0 Å². The smallest absolute Gasteiger partial charge is 0.288 e. The summed E-state index contributed by atoms with van der Waals surface area (Å²) in [6.45, 7) is 5.92. The molecule has 134 valence electrons. The number of fused-ring (bicyclic) bond motifs is 2. The monoisotopic (exact) mass is 361 g/mol. The highest BCUT2D eigenvalue weighted by Gasteiger charge is 2.29. The van der Waals surface area contributed by atoms with Crippen LogP contribution in [0.25, 0.3) is 0 Å². The van der Waals surface area contributed by atoms with Crippen LogP contribution in [-0.4, -0.2) is 14.2 Å². The fourth-order valence-corrected chi connectivity index (χ4v) is 3.75. The first-order valence-electron chi connectivity index (χ1n) is 8.63. The average Bonchev–Trinajstić information content (AvgIpc) is 2.60. The van der Waals surface area contributed by atoms with Crippen molar-refractivity contribution in [2.45, 2.75) is 40.0 Å². The SMILES string of the molecule is CCCS(=O)(=O)ON1c2ccc(CC)cc2Oc2ccc(CC)cc21. The molecule has 0 atom stereocenters. The molecule has 6 heteroatoms. The lowest BCUT2D eigenvalue weighted by molar-refractivity contribution is 0.308. The van der Waals surface area contributed by atoms with Crippen LogP contribution < -0.4 is 9.80 Å². The van der Waals surface area contributed by atoms with Gasteiger partial charge in [-0.25, -0.2) is 0 Å². The van der Waals surface area contributed by atoms with Crippen molar-refractivity contribution in [3.63, 3.8) is 0 Å². The number of aryl methyl sites for hydroxylation is 2. The fraction of sp³-hybridized carbons (Fsp3) is 0.368. The minimum absolute atomic E-state index is 0.0322. The molecular weight excluding hydrogens is 338 g/mol. The molecule has 25 heavy (non-hydrogen) atoms. The summed E-state index contributed by atoms with van der Waals surface area (Å²) in [6.07, 6.45) is 2.20. The molecule has 0 aromatic heterocycles. The van der Waals surface area contributed by atoms with E-state index in [1.54, 1.807) is 0 Å². The third-order valence-electron chi connectivity index (χ3n) is 4.16. The lowest BCUT2D eigenvalue weighted by atomic mass is 10.1. The molecule has 5 nitrogen and oxygen atoms in total. The van der Waals surface area contributed by atoms with Crippen LogP contribution in [-0.2, 0) is 27.2 Å². The number of hydrogen-bond donors (Lipinski definition) is 0. The first-order valence-corrected chi connectivity index (χ1v) is 10.2. The summed E-state index contributed by atoms with van der Waals surface area (Å²) in [5.74, 6) is 1.16. The molecule has 0 saturated carbocycles. The Morgan fingerprint density at radius 1 is 0.920 bits per heavy atom. The molecule has 0 bridgehead atoms. The molecule has 1 aliphatic heterocycles. The highest BCUT2D eigenvalue weighted by atomic mass is 32.2. The topological polar surface area (TPSA) is 55.8 Å². The number of rotatable bonds is 6. The summed E-state index contributed by atoms with van der Waals surface area (Å²) in [4.78, 5) is 0. The number of anilines is 2. The molecule has 0 saturated heterocycles. The van der Waals surface area contributed by atoms with Crippen molar-refractivity contribution in [3.05, 3.63) is 47.5 Å². The van der Waals surface area contributed by atoms with E-state index in [2.05, 4.69) is 6.92 Å². The summed E-state index contributed by atoms with van der Waals surface area (Å²) in [5, 5.41) is 1.39. The van der Waals surface area contributed by atoms with Gasteiger partial charge in [0.1, 0.15) is 11.4 Å². The van der Waals surface area contributed by atoms with Crippen LogP contribution in [0.2, 0.25) is 0 Å². The predicted octanol–water partition coefficient (Wildman–Crippen LogP) is 4.73. The van der Waals surface area contributed by atoms with Crippen LogP contribution in [0, 0.1) is 0 Å². The minimum Gasteiger partial charge on any atom is -0.453 e. The first-order chi connectivity index (χ1) is 12.0. The molecule has 0 amide bonds. The van der Waals surface area contributed by atoms with E-state index in [0.29, 0.717) is 29.3 Å². The average molecular weight is 361 g/mol. The Morgan fingerprint density at radius 2 is 1.60 bits per heavy atom. The van der Waals surface area contributed by atoms with E-state index in [9.17, 15) is 8.42 Å². The number of hydrogen-bond acceptors (Lipinski definition) is 5. The Balaban J connectivity index is 2.11. The zero-order valence-electron chi connectivity index (χ0n) is 14.8. The maximum atomic E-state index is 12.3. The Kier molecular flexibility index (Phi) is 5.01. The van der Waals surface area contributed by atoms with Gasteiger partial charge in [-0.05, 0) is 54.7 Å². The molecule has 0 spiro atoms. The van der Waals surface area contributed by atoms with E-state index >= 15 is 0 Å². The normalized spacial score (nSPS) is 13.2. The van der Waals surface area contributed by atoms with E-state index in [1.165, 1.54) is 5.06 Å². The number of benzene rings is 2. The molecule has 1 heterocycles. The Labute approximate surface area is 149 Å². The van der Waals surface area contributed by atoms with E-state index < -0.39 is 10.1 Å². The maximum Gasteiger partial charge on any atom is 0.288 e. The van der Waals surface area contributed by atoms with Gasteiger partial charge in [-0.1, -0.05) is 32.9 Å². The minimum atomic E-state index is -3.68. The van der Waals surface area contributed by atoms with Gasteiger partial charge in [-0.2, -0.15) is 13.5 Å². The van der Waals surface area contributed by atoms with Crippen LogP contribution >= 0.6 is 0 Å². The quantitative estimate of drug-likeness (QED) is 0.745. The molecule has 0 unspecified atom stereocenters. The third kappa shape index (κ3) is 3.65. The van der Waals surface area contributed by atoms with Crippen molar-refractivity contribution < 1.29 is 17.4 Å². The molecule has 0 radical (unpaired) electrons. The second kappa shape index (κ2) is 7.06. The molecule has 0 aliphatic carbocycles. The summed E-state index contributed by atoms with van der Waals surface area (Å²) in [5.41, 5.74) is 3.40. The van der Waals surface area contributed by atoms with Crippen LogP contribution in [0.4, 0.5) is 11.4 Å². The van der Waals surface area contributed by atoms with Crippen molar-refractivity contribution in [2.75, 3.05) is 10.8 Å². The molecule has 0 N–H and O–H groups in total. The van der Waals surface area contributed by atoms with E-state index in [4.69, 9.17) is 9.02 Å². The highest BCUT2D eigenvalue weighted by Crippen LogP contribution is 2.47. The molecule has 1 aliphatic rings. The number of nitrogens with zero attached hydrogens (tertiary/aromatic N) is 1. The van der Waals surface area contributed by atoms with Crippen LogP contribution in [0.3, 0.4) is 0 Å². The van der Waals surface area contributed by atoms with E-state index in [-0.39, 0.29) is 5.75 Å². The maximum absolute atomic E-state index is 12.3. The Morgan fingerprint density at radius 3 is 2.28 bits per heavy atom. The summed E-state index contributed by atoms with van der Waals surface area (Å²) < 4.78 is 36.1. The molecule has 3 rings (SSSR count). The second-order valence-corrected chi connectivity index (χ2v) is 7.72. The Hall–Kier alpha value is -2.05.